The van der Waals surface area contributed by atoms with Crippen LogP contribution in [0.25, 0.3) is 0 Å². The van der Waals surface area contributed by atoms with Crippen molar-refractivity contribution in [3.05, 3.63) is 54.0 Å². The molecule has 0 saturated carbocycles. The number of hydrogen-bond donors (Lipinski definition) is 2. The van der Waals surface area contributed by atoms with Crippen LogP contribution in [0.2, 0.25) is 0 Å². The molecule has 2 amide bonds. The van der Waals surface area contributed by atoms with Gasteiger partial charge in [-0.25, -0.2) is 0 Å². The lowest BCUT2D eigenvalue weighted by Crippen LogP contribution is -2.28. The zero-order chi connectivity index (χ0) is 16.8. The van der Waals surface area contributed by atoms with Crippen molar-refractivity contribution in [3.8, 4) is 0 Å². The zero-order valence-corrected chi connectivity index (χ0v) is 13.5. The van der Waals surface area contributed by atoms with Gasteiger partial charge in [-0.15, -0.1) is 0 Å². The number of nitrogens with one attached hydrogen (secondary N) is 2. The summed E-state index contributed by atoms with van der Waals surface area (Å²) < 4.78 is 5.18. The van der Waals surface area contributed by atoms with E-state index >= 15 is 0 Å². The lowest BCUT2D eigenvalue weighted by Gasteiger charge is -2.15. The maximum Gasteiger partial charge on any atom is 0.253 e. The molecular weight excluding hydrogens is 306 g/mol. The number of benzene rings is 1. The smallest absolute Gasteiger partial charge is 0.253 e. The highest BCUT2D eigenvalue weighted by Gasteiger charge is 2.19. The van der Waals surface area contributed by atoms with Crippen molar-refractivity contribution in [1.82, 2.24) is 10.2 Å². The Morgan fingerprint density at radius 3 is 2.50 bits per heavy atom. The van der Waals surface area contributed by atoms with E-state index in [1.165, 1.54) is 0 Å². The van der Waals surface area contributed by atoms with Gasteiger partial charge in [-0.1, -0.05) is 0 Å². The second-order valence-electron chi connectivity index (χ2n) is 5.81. The summed E-state index contributed by atoms with van der Waals surface area (Å²) in [7, 11) is 0. The highest BCUT2D eigenvalue weighted by atomic mass is 16.3. The third-order valence-corrected chi connectivity index (χ3v) is 3.97. The summed E-state index contributed by atoms with van der Waals surface area (Å²) in [5.41, 5.74) is 1.34. The van der Waals surface area contributed by atoms with E-state index in [1.54, 1.807) is 30.5 Å². The summed E-state index contributed by atoms with van der Waals surface area (Å²) in [5, 5.41) is 5.81. The maximum absolute atomic E-state index is 12.3. The summed E-state index contributed by atoms with van der Waals surface area (Å²) in [6.07, 6.45) is 3.75. The van der Waals surface area contributed by atoms with Gasteiger partial charge >= 0.3 is 0 Å². The fourth-order valence-corrected chi connectivity index (χ4v) is 2.72. The van der Waals surface area contributed by atoms with Crippen LogP contribution in [0.3, 0.4) is 0 Å². The van der Waals surface area contributed by atoms with Gasteiger partial charge in [-0.3, -0.25) is 9.59 Å². The topological polar surface area (TPSA) is 74.6 Å². The summed E-state index contributed by atoms with van der Waals surface area (Å²) >= 11 is 0. The lowest BCUT2D eigenvalue weighted by molar-refractivity contribution is -0.115. The maximum atomic E-state index is 12.3. The number of hydrogen-bond acceptors (Lipinski definition) is 4. The first-order chi connectivity index (χ1) is 11.7. The Morgan fingerprint density at radius 1 is 1.08 bits per heavy atom. The van der Waals surface area contributed by atoms with Crippen LogP contribution in [0.4, 0.5) is 5.69 Å². The van der Waals surface area contributed by atoms with E-state index in [9.17, 15) is 9.59 Å². The fraction of sp³-hybridized carbons (Fsp3) is 0.333. The molecule has 24 heavy (non-hydrogen) atoms. The highest BCUT2D eigenvalue weighted by molar-refractivity contribution is 5.96. The Balaban J connectivity index is 1.46. The zero-order valence-electron chi connectivity index (χ0n) is 13.5. The van der Waals surface area contributed by atoms with Crippen LogP contribution >= 0.6 is 0 Å². The average molecular weight is 327 g/mol. The molecule has 1 saturated heterocycles. The van der Waals surface area contributed by atoms with Gasteiger partial charge in [0.15, 0.2) is 0 Å². The van der Waals surface area contributed by atoms with Gasteiger partial charge < -0.3 is 20.0 Å². The van der Waals surface area contributed by atoms with E-state index < -0.39 is 0 Å². The highest BCUT2D eigenvalue weighted by Crippen LogP contribution is 2.15. The third kappa shape index (κ3) is 4.23. The monoisotopic (exact) mass is 327 g/mol. The largest absolute Gasteiger partial charge is 0.468 e. The molecular formula is C18H21N3O3. The standard InChI is InChI=1S/C18H21N3O3/c22-17(13-19-12-16-4-3-11-24-16)20-15-7-5-14(6-8-15)18(23)21-9-1-2-10-21/h3-8,11,19H,1-2,9-10,12-13H2,(H,20,22). The molecule has 6 heteroatoms. The second kappa shape index (κ2) is 7.79. The number of rotatable bonds is 6. The normalized spacial score (nSPS) is 13.9. The van der Waals surface area contributed by atoms with E-state index in [-0.39, 0.29) is 18.4 Å². The predicted octanol–water partition coefficient (Wildman–Crippen LogP) is 2.24. The first-order valence-electron chi connectivity index (χ1n) is 8.15. The number of anilines is 1. The Labute approximate surface area is 140 Å². The third-order valence-electron chi connectivity index (χ3n) is 3.97. The molecule has 1 aliphatic rings. The average Bonchev–Trinajstić information content (AvgIpc) is 3.29. The Kier molecular flexibility index (Phi) is 5.28. The van der Waals surface area contributed by atoms with E-state index in [0.717, 1.165) is 31.7 Å². The molecule has 126 valence electrons. The summed E-state index contributed by atoms with van der Waals surface area (Å²) in [6.45, 7) is 2.36. The Hall–Kier alpha value is -2.60. The molecule has 1 fully saturated rings. The quantitative estimate of drug-likeness (QED) is 0.853. The van der Waals surface area contributed by atoms with Gasteiger partial charge in [-0.2, -0.15) is 0 Å². The van der Waals surface area contributed by atoms with Crippen LogP contribution in [0.15, 0.2) is 47.1 Å². The molecule has 1 aromatic heterocycles. The van der Waals surface area contributed by atoms with Gasteiger partial charge in [-0.05, 0) is 49.2 Å². The molecule has 2 aromatic rings. The van der Waals surface area contributed by atoms with Crippen molar-refractivity contribution >= 4 is 17.5 Å². The van der Waals surface area contributed by atoms with Gasteiger partial charge in [0.1, 0.15) is 5.76 Å². The first-order valence-corrected chi connectivity index (χ1v) is 8.15. The van der Waals surface area contributed by atoms with Gasteiger partial charge in [0, 0.05) is 24.3 Å². The van der Waals surface area contributed by atoms with Gasteiger partial charge in [0.25, 0.3) is 5.91 Å². The molecule has 0 spiro atoms. The number of carbonyl (C=O) groups excluding carboxylic acids is 2. The molecule has 2 N–H and O–H groups in total. The van der Waals surface area contributed by atoms with E-state index in [1.807, 2.05) is 17.0 Å². The number of nitrogens with zero attached hydrogens (tertiary/aromatic N) is 1. The van der Waals surface area contributed by atoms with Crippen LogP contribution in [0.5, 0.6) is 0 Å². The SMILES string of the molecule is O=C(CNCc1ccco1)Nc1ccc(C(=O)N2CCCC2)cc1. The van der Waals surface area contributed by atoms with Crippen LogP contribution in [0, 0.1) is 0 Å². The molecule has 0 atom stereocenters. The molecule has 0 unspecified atom stereocenters. The predicted molar refractivity (Wildman–Crippen MR) is 90.6 cm³/mol. The fourth-order valence-electron chi connectivity index (χ4n) is 2.72. The van der Waals surface area contributed by atoms with Crippen molar-refractivity contribution in [1.29, 1.82) is 0 Å². The Bertz CT molecular complexity index is 674. The van der Waals surface area contributed by atoms with Crippen molar-refractivity contribution < 1.29 is 14.0 Å². The van der Waals surface area contributed by atoms with E-state index in [4.69, 9.17) is 4.42 Å². The van der Waals surface area contributed by atoms with Crippen molar-refractivity contribution in [2.24, 2.45) is 0 Å². The summed E-state index contributed by atoms with van der Waals surface area (Å²) in [6, 6.07) is 10.7. The van der Waals surface area contributed by atoms with Gasteiger partial charge in [0.2, 0.25) is 5.91 Å². The second-order valence-corrected chi connectivity index (χ2v) is 5.81. The lowest BCUT2D eigenvalue weighted by atomic mass is 10.2. The minimum atomic E-state index is -0.139. The molecule has 3 rings (SSSR count). The molecule has 1 aromatic carbocycles. The molecule has 6 nitrogen and oxygen atoms in total. The minimum Gasteiger partial charge on any atom is -0.468 e. The number of furan rings is 1. The minimum absolute atomic E-state index is 0.0606. The number of carbonyl (C=O) groups is 2. The van der Waals surface area contributed by atoms with Crippen LogP contribution in [0.1, 0.15) is 29.0 Å². The van der Waals surface area contributed by atoms with Crippen molar-refractivity contribution in [3.63, 3.8) is 0 Å². The van der Waals surface area contributed by atoms with Crippen molar-refractivity contribution in [2.75, 3.05) is 25.0 Å². The molecule has 0 aliphatic carbocycles. The molecule has 1 aliphatic heterocycles. The first kappa shape index (κ1) is 16.3. The van der Waals surface area contributed by atoms with Crippen LogP contribution in [-0.4, -0.2) is 36.3 Å². The Morgan fingerprint density at radius 2 is 1.83 bits per heavy atom. The van der Waals surface area contributed by atoms with E-state index in [2.05, 4.69) is 10.6 Å². The van der Waals surface area contributed by atoms with Crippen LogP contribution < -0.4 is 10.6 Å². The van der Waals surface area contributed by atoms with Crippen LogP contribution in [-0.2, 0) is 11.3 Å². The summed E-state index contributed by atoms with van der Waals surface area (Å²) in [4.78, 5) is 26.0. The number of likely N-dealkylation sites (tertiary alicyclic amines) is 1. The molecule has 2 heterocycles. The van der Waals surface area contributed by atoms with Crippen molar-refractivity contribution in [2.45, 2.75) is 19.4 Å². The molecule has 0 radical (unpaired) electrons. The summed E-state index contributed by atoms with van der Waals surface area (Å²) in [5.74, 6) is 0.707. The molecule has 0 bridgehead atoms. The number of amides is 2. The van der Waals surface area contributed by atoms with Gasteiger partial charge in [0.05, 0.1) is 19.4 Å². The van der Waals surface area contributed by atoms with E-state index in [0.29, 0.717) is 17.8 Å².